The molecule has 1 aliphatic rings. The van der Waals surface area contributed by atoms with Gasteiger partial charge in [0, 0.05) is 30.6 Å². The first kappa shape index (κ1) is 21.9. The van der Waals surface area contributed by atoms with Crippen LogP contribution in [0.3, 0.4) is 0 Å². The van der Waals surface area contributed by atoms with Crippen molar-refractivity contribution < 1.29 is 13.9 Å². The molecular weight excluding hydrogens is 389 g/mol. The van der Waals surface area contributed by atoms with Crippen LogP contribution in [-0.4, -0.2) is 13.2 Å². The molecule has 3 nitrogen and oxygen atoms in total. The summed E-state index contributed by atoms with van der Waals surface area (Å²) in [6.45, 7) is 2.86. The van der Waals surface area contributed by atoms with Crippen LogP contribution in [0.4, 0.5) is 4.39 Å². The minimum atomic E-state index is -0.387. The van der Waals surface area contributed by atoms with Crippen molar-refractivity contribution >= 4 is 11.6 Å². The van der Waals surface area contributed by atoms with E-state index in [0.29, 0.717) is 6.54 Å². The van der Waals surface area contributed by atoms with Crippen LogP contribution in [0.25, 0.3) is 0 Å². The summed E-state index contributed by atoms with van der Waals surface area (Å²) in [7, 11) is 1.67. The van der Waals surface area contributed by atoms with Crippen LogP contribution in [0.5, 0.6) is 11.5 Å². The van der Waals surface area contributed by atoms with E-state index in [1.807, 2.05) is 12.1 Å². The maximum absolute atomic E-state index is 13.4. The van der Waals surface area contributed by atoms with Crippen LogP contribution in [0.2, 0.25) is 5.02 Å². The smallest absolute Gasteiger partial charge is 0.141 e. The molecule has 1 N–H and O–H groups in total. The number of hydrogen-bond acceptors (Lipinski definition) is 3. The molecule has 5 heteroatoms. The van der Waals surface area contributed by atoms with Crippen LogP contribution < -0.4 is 14.8 Å². The van der Waals surface area contributed by atoms with Crippen molar-refractivity contribution in [3.8, 4) is 11.5 Å². The highest BCUT2D eigenvalue weighted by molar-refractivity contribution is 6.30. The standard InChI is InChI=1S/C24H31ClFNO2/c1-3-4-5-6-7-8-19-14-23(20-11-10-18(28-2)15-24(20)29-19)27-16-17-9-12-22(26)21(25)13-17/h9-13,15,19,23,27H,3-8,14,16H2,1-2H3/t19-,23+/m0/s1. The third kappa shape index (κ3) is 6.10. The lowest BCUT2D eigenvalue weighted by atomic mass is 9.93. The number of rotatable bonds is 10. The van der Waals surface area contributed by atoms with E-state index in [0.717, 1.165) is 35.5 Å². The fraction of sp³-hybridized carbons (Fsp3) is 0.500. The summed E-state index contributed by atoms with van der Waals surface area (Å²) in [6, 6.07) is 11.1. The van der Waals surface area contributed by atoms with Crippen molar-refractivity contribution in [3.63, 3.8) is 0 Å². The van der Waals surface area contributed by atoms with E-state index in [4.69, 9.17) is 21.1 Å². The molecule has 0 amide bonds. The third-order valence-corrected chi connectivity index (χ3v) is 5.84. The van der Waals surface area contributed by atoms with Gasteiger partial charge in [-0.15, -0.1) is 0 Å². The second-order valence-corrected chi connectivity index (χ2v) is 8.17. The Hall–Kier alpha value is -1.78. The molecule has 2 aromatic rings. The van der Waals surface area contributed by atoms with Gasteiger partial charge in [0.1, 0.15) is 23.4 Å². The summed E-state index contributed by atoms with van der Waals surface area (Å²) < 4.78 is 25.1. The predicted molar refractivity (Wildman–Crippen MR) is 116 cm³/mol. The number of benzene rings is 2. The number of ether oxygens (including phenoxy) is 2. The third-order valence-electron chi connectivity index (χ3n) is 5.55. The fourth-order valence-corrected chi connectivity index (χ4v) is 4.09. The van der Waals surface area contributed by atoms with Crippen LogP contribution in [0.15, 0.2) is 36.4 Å². The number of nitrogens with one attached hydrogen (secondary N) is 1. The molecule has 2 atom stereocenters. The van der Waals surface area contributed by atoms with E-state index in [9.17, 15) is 4.39 Å². The molecule has 0 spiro atoms. The lowest BCUT2D eigenvalue weighted by molar-refractivity contribution is 0.137. The molecule has 0 bridgehead atoms. The maximum Gasteiger partial charge on any atom is 0.141 e. The first-order valence-electron chi connectivity index (χ1n) is 10.6. The van der Waals surface area contributed by atoms with Gasteiger partial charge in [0.15, 0.2) is 0 Å². The highest BCUT2D eigenvalue weighted by Crippen LogP contribution is 2.38. The average Bonchev–Trinajstić information content (AvgIpc) is 2.73. The van der Waals surface area contributed by atoms with E-state index in [1.165, 1.54) is 38.2 Å². The highest BCUT2D eigenvalue weighted by Gasteiger charge is 2.28. The van der Waals surface area contributed by atoms with Gasteiger partial charge in [-0.1, -0.05) is 56.3 Å². The van der Waals surface area contributed by atoms with E-state index in [2.05, 4.69) is 18.3 Å². The minimum absolute atomic E-state index is 0.159. The Morgan fingerprint density at radius 1 is 1.14 bits per heavy atom. The van der Waals surface area contributed by atoms with Crippen LogP contribution in [0, 0.1) is 5.82 Å². The Bertz CT molecular complexity index is 798. The second-order valence-electron chi connectivity index (χ2n) is 7.76. The number of methoxy groups -OCH3 is 1. The van der Waals surface area contributed by atoms with E-state index in [-0.39, 0.29) is 23.0 Å². The molecule has 0 aliphatic carbocycles. The van der Waals surface area contributed by atoms with Crippen molar-refractivity contribution in [2.24, 2.45) is 0 Å². The normalized spacial score (nSPS) is 18.2. The Morgan fingerprint density at radius 2 is 1.97 bits per heavy atom. The summed E-state index contributed by atoms with van der Waals surface area (Å²) in [4.78, 5) is 0. The van der Waals surface area contributed by atoms with E-state index in [1.54, 1.807) is 19.2 Å². The second kappa shape index (κ2) is 10.8. The molecule has 0 saturated heterocycles. The summed E-state index contributed by atoms with van der Waals surface area (Å²) in [5, 5.41) is 3.78. The Labute approximate surface area is 178 Å². The van der Waals surface area contributed by atoms with Gasteiger partial charge >= 0.3 is 0 Å². The first-order valence-corrected chi connectivity index (χ1v) is 11.0. The van der Waals surface area contributed by atoms with Gasteiger partial charge in [-0.3, -0.25) is 0 Å². The van der Waals surface area contributed by atoms with Crippen LogP contribution >= 0.6 is 11.6 Å². The van der Waals surface area contributed by atoms with Crippen molar-refractivity contribution in [3.05, 3.63) is 58.4 Å². The number of halogens is 2. The number of hydrogen-bond donors (Lipinski definition) is 1. The molecule has 29 heavy (non-hydrogen) atoms. The minimum Gasteiger partial charge on any atom is -0.497 e. The van der Waals surface area contributed by atoms with E-state index < -0.39 is 0 Å². The van der Waals surface area contributed by atoms with Crippen molar-refractivity contribution in [1.82, 2.24) is 5.32 Å². The summed E-state index contributed by atoms with van der Waals surface area (Å²) in [5.74, 6) is 1.31. The molecule has 0 unspecified atom stereocenters. The maximum atomic E-state index is 13.4. The predicted octanol–water partition coefficient (Wildman–Crippen LogP) is 6.83. The largest absolute Gasteiger partial charge is 0.497 e. The zero-order valence-electron chi connectivity index (χ0n) is 17.3. The molecule has 3 rings (SSSR count). The summed E-state index contributed by atoms with van der Waals surface area (Å²) >= 11 is 5.93. The molecule has 0 aromatic heterocycles. The molecule has 0 radical (unpaired) electrons. The zero-order chi connectivity index (χ0) is 20.6. The molecule has 1 heterocycles. The lowest BCUT2D eigenvalue weighted by Crippen LogP contribution is -2.32. The Balaban J connectivity index is 1.67. The van der Waals surface area contributed by atoms with Crippen LogP contribution in [-0.2, 0) is 6.54 Å². The van der Waals surface area contributed by atoms with Gasteiger partial charge in [-0.2, -0.15) is 0 Å². The molecule has 0 fully saturated rings. The average molecular weight is 420 g/mol. The van der Waals surface area contributed by atoms with Crippen molar-refractivity contribution in [1.29, 1.82) is 0 Å². The van der Waals surface area contributed by atoms with Crippen LogP contribution in [0.1, 0.15) is 69.0 Å². The molecule has 2 aromatic carbocycles. The molecular formula is C24H31ClFNO2. The quantitative estimate of drug-likeness (QED) is 0.428. The molecule has 0 saturated carbocycles. The van der Waals surface area contributed by atoms with Crippen molar-refractivity contribution in [2.75, 3.05) is 7.11 Å². The topological polar surface area (TPSA) is 30.5 Å². The van der Waals surface area contributed by atoms with Gasteiger partial charge in [0.25, 0.3) is 0 Å². The van der Waals surface area contributed by atoms with Gasteiger partial charge in [-0.25, -0.2) is 4.39 Å². The Morgan fingerprint density at radius 3 is 2.72 bits per heavy atom. The summed E-state index contributed by atoms with van der Waals surface area (Å²) in [6.07, 6.45) is 8.45. The van der Waals surface area contributed by atoms with Gasteiger partial charge in [-0.05, 0) is 36.6 Å². The monoisotopic (exact) mass is 419 g/mol. The van der Waals surface area contributed by atoms with Crippen molar-refractivity contribution in [2.45, 2.75) is 70.6 Å². The lowest BCUT2D eigenvalue weighted by Gasteiger charge is -2.33. The fourth-order valence-electron chi connectivity index (χ4n) is 3.89. The SMILES string of the molecule is CCCCCCC[C@H]1C[C@@H](NCc2ccc(F)c(Cl)c2)c2ccc(OC)cc2O1. The summed E-state index contributed by atoms with van der Waals surface area (Å²) in [5.41, 5.74) is 2.11. The molecule has 1 aliphatic heterocycles. The van der Waals surface area contributed by atoms with Gasteiger partial charge in [0.2, 0.25) is 0 Å². The highest BCUT2D eigenvalue weighted by atomic mass is 35.5. The number of fused-ring (bicyclic) bond motifs is 1. The zero-order valence-corrected chi connectivity index (χ0v) is 18.1. The van der Waals surface area contributed by atoms with Gasteiger partial charge < -0.3 is 14.8 Å². The Kier molecular flexibility index (Phi) is 8.19. The first-order chi connectivity index (χ1) is 14.1. The number of unbranched alkanes of at least 4 members (excludes halogenated alkanes) is 4. The van der Waals surface area contributed by atoms with Gasteiger partial charge in [0.05, 0.1) is 12.1 Å². The van der Waals surface area contributed by atoms with E-state index >= 15 is 0 Å². The molecule has 158 valence electrons.